The van der Waals surface area contributed by atoms with Gasteiger partial charge in [-0.2, -0.15) is 5.10 Å². The van der Waals surface area contributed by atoms with E-state index in [0.717, 1.165) is 5.56 Å². The molecule has 3 aromatic rings. The van der Waals surface area contributed by atoms with Gasteiger partial charge in [-0.1, -0.05) is 41.9 Å². The Labute approximate surface area is 180 Å². The number of carbonyl (C=O) groups excluding carboxylic acids is 1. The number of benzene rings is 3. The summed E-state index contributed by atoms with van der Waals surface area (Å²) in [5, 5.41) is 4.57. The number of hydrogen-bond donors (Lipinski definition) is 1. The molecule has 6 nitrogen and oxygen atoms in total. The fourth-order valence-corrected chi connectivity index (χ4v) is 2.87. The number of carbonyl (C=O) groups is 1. The van der Waals surface area contributed by atoms with Gasteiger partial charge in [-0.3, -0.25) is 4.79 Å². The van der Waals surface area contributed by atoms with E-state index in [2.05, 4.69) is 10.5 Å². The van der Waals surface area contributed by atoms with Crippen molar-refractivity contribution in [3.63, 3.8) is 0 Å². The lowest BCUT2D eigenvalue weighted by atomic mass is 10.2. The smallest absolute Gasteiger partial charge is 0.271 e. The van der Waals surface area contributed by atoms with Crippen molar-refractivity contribution in [3.05, 3.63) is 88.4 Å². The van der Waals surface area contributed by atoms with Crippen LogP contribution in [0.3, 0.4) is 0 Å². The number of ether oxygens (including phenoxy) is 3. The number of halogens is 1. The first-order chi connectivity index (χ1) is 14.6. The molecular weight excluding hydrogens is 404 g/mol. The van der Waals surface area contributed by atoms with E-state index in [1.165, 1.54) is 20.4 Å². The van der Waals surface area contributed by atoms with Gasteiger partial charge in [-0.05, 0) is 42.0 Å². The molecule has 0 saturated heterocycles. The lowest BCUT2D eigenvalue weighted by Crippen LogP contribution is -2.17. The highest BCUT2D eigenvalue weighted by Crippen LogP contribution is 2.27. The van der Waals surface area contributed by atoms with Gasteiger partial charge in [0.2, 0.25) is 0 Å². The molecule has 0 fully saturated rings. The summed E-state index contributed by atoms with van der Waals surface area (Å²) in [6, 6.07) is 19.9. The molecule has 0 bridgehead atoms. The fraction of sp³-hybridized carbons (Fsp3) is 0.130. The molecule has 0 spiro atoms. The van der Waals surface area contributed by atoms with Crippen LogP contribution in [0, 0.1) is 0 Å². The zero-order chi connectivity index (χ0) is 21.3. The first-order valence-electron chi connectivity index (χ1n) is 9.12. The number of methoxy groups -OCH3 is 2. The van der Waals surface area contributed by atoms with Crippen LogP contribution in [0.5, 0.6) is 17.2 Å². The monoisotopic (exact) mass is 424 g/mol. The molecule has 0 aliphatic carbocycles. The maximum atomic E-state index is 12.4. The van der Waals surface area contributed by atoms with Crippen molar-refractivity contribution < 1.29 is 19.0 Å². The Morgan fingerprint density at radius 3 is 2.43 bits per heavy atom. The molecule has 3 rings (SSSR count). The van der Waals surface area contributed by atoms with Gasteiger partial charge < -0.3 is 14.2 Å². The van der Waals surface area contributed by atoms with Crippen LogP contribution in [0.15, 0.2) is 71.8 Å². The van der Waals surface area contributed by atoms with E-state index in [0.29, 0.717) is 40.0 Å². The van der Waals surface area contributed by atoms with Gasteiger partial charge >= 0.3 is 0 Å². The highest BCUT2D eigenvalue weighted by atomic mass is 35.5. The van der Waals surface area contributed by atoms with Crippen molar-refractivity contribution in [2.75, 3.05) is 14.2 Å². The number of nitrogens with zero attached hydrogens (tertiary/aromatic N) is 1. The minimum atomic E-state index is -0.388. The van der Waals surface area contributed by atoms with Crippen molar-refractivity contribution in [1.82, 2.24) is 5.43 Å². The molecular formula is C23H21ClN2O4. The maximum Gasteiger partial charge on any atom is 0.271 e. The summed E-state index contributed by atoms with van der Waals surface area (Å²) < 4.78 is 16.3. The first kappa shape index (κ1) is 21.2. The summed E-state index contributed by atoms with van der Waals surface area (Å²) in [5.74, 6) is 1.21. The number of hydrazone groups is 1. The van der Waals surface area contributed by atoms with Crippen molar-refractivity contribution >= 4 is 23.7 Å². The Hall–Kier alpha value is -3.51. The molecule has 0 aliphatic rings. The van der Waals surface area contributed by atoms with Crippen LogP contribution in [-0.2, 0) is 6.61 Å². The van der Waals surface area contributed by atoms with Gasteiger partial charge in [0.05, 0.1) is 20.4 Å². The summed E-state index contributed by atoms with van der Waals surface area (Å²) >= 11 is 6.10. The van der Waals surface area contributed by atoms with Crippen LogP contribution >= 0.6 is 11.6 Å². The van der Waals surface area contributed by atoms with Crippen LogP contribution in [0.2, 0.25) is 5.02 Å². The van der Waals surface area contributed by atoms with Gasteiger partial charge in [-0.15, -0.1) is 0 Å². The molecule has 1 amide bonds. The number of amides is 1. The average molecular weight is 425 g/mol. The van der Waals surface area contributed by atoms with E-state index in [4.69, 9.17) is 25.8 Å². The number of rotatable bonds is 8. The zero-order valence-electron chi connectivity index (χ0n) is 16.6. The lowest BCUT2D eigenvalue weighted by Gasteiger charge is -2.10. The van der Waals surface area contributed by atoms with Crippen LogP contribution in [0.4, 0.5) is 0 Å². The van der Waals surface area contributed by atoms with Crippen molar-refractivity contribution in [3.8, 4) is 17.2 Å². The zero-order valence-corrected chi connectivity index (χ0v) is 17.3. The molecule has 0 aromatic heterocycles. The van der Waals surface area contributed by atoms with Crippen molar-refractivity contribution in [2.45, 2.75) is 6.61 Å². The van der Waals surface area contributed by atoms with Crippen molar-refractivity contribution in [2.24, 2.45) is 5.10 Å². The van der Waals surface area contributed by atoms with Crippen molar-refractivity contribution in [1.29, 1.82) is 0 Å². The lowest BCUT2D eigenvalue weighted by molar-refractivity contribution is 0.0954. The van der Waals surface area contributed by atoms with E-state index < -0.39 is 0 Å². The Morgan fingerprint density at radius 2 is 1.70 bits per heavy atom. The average Bonchev–Trinajstić information content (AvgIpc) is 2.78. The van der Waals surface area contributed by atoms with E-state index >= 15 is 0 Å². The third-order valence-electron chi connectivity index (χ3n) is 4.22. The SMILES string of the molecule is COc1ccc(C(=O)N/N=C/c2cc(Cl)ccc2OCc2ccccc2)cc1OC. The molecule has 0 saturated carbocycles. The largest absolute Gasteiger partial charge is 0.493 e. The molecule has 0 aliphatic heterocycles. The predicted octanol–water partition coefficient (Wildman–Crippen LogP) is 4.70. The molecule has 30 heavy (non-hydrogen) atoms. The van der Waals surface area contributed by atoms with E-state index in [9.17, 15) is 4.79 Å². The Bertz CT molecular complexity index is 1040. The Balaban J connectivity index is 1.69. The molecule has 0 atom stereocenters. The summed E-state index contributed by atoms with van der Waals surface area (Å²) in [7, 11) is 3.04. The highest BCUT2D eigenvalue weighted by Gasteiger charge is 2.10. The standard InChI is InChI=1S/C23H21ClN2O4/c1-28-21-10-8-17(13-22(21)29-2)23(27)26-25-14-18-12-19(24)9-11-20(18)30-15-16-6-4-3-5-7-16/h3-14H,15H2,1-2H3,(H,26,27)/b25-14+. The molecule has 0 unspecified atom stereocenters. The molecule has 0 heterocycles. The first-order valence-corrected chi connectivity index (χ1v) is 9.50. The number of hydrogen-bond acceptors (Lipinski definition) is 5. The quantitative estimate of drug-likeness (QED) is 0.420. The highest BCUT2D eigenvalue weighted by molar-refractivity contribution is 6.30. The fourth-order valence-electron chi connectivity index (χ4n) is 2.69. The van der Waals surface area contributed by atoms with Crippen LogP contribution in [-0.4, -0.2) is 26.3 Å². The molecule has 1 N–H and O–H groups in total. The second kappa shape index (κ2) is 10.3. The predicted molar refractivity (Wildman–Crippen MR) is 117 cm³/mol. The van der Waals surface area contributed by atoms with Crippen LogP contribution in [0.25, 0.3) is 0 Å². The molecule has 0 radical (unpaired) electrons. The summed E-state index contributed by atoms with van der Waals surface area (Å²) in [4.78, 5) is 12.4. The molecule has 154 valence electrons. The van der Waals surface area contributed by atoms with Crippen LogP contribution in [0.1, 0.15) is 21.5 Å². The third-order valence-corrected chi connectivity index (χ3v) is 4.46. The van der Waals surface area contributed by atoms with Gasteiger partial charge in [0, 0.05) is 16.1 Å². The summed E-state index contributed by atoms with van der Waals surface area (Å²) in [6.07, 6.45) is 1.49. The third kappa shape index (κ3) is 5.52. The van der Waals surface area contributed by atoms with Crippen LogP contribution < -0.4 is 19.6 Å². The number of nitrogens with one attached hydrogen (secondary N) is 1. The Kier molecular flexibility index (Phi) is 7.29. The Morgan fingerprint density at radius 1 is 0.967 bits per heavy atom. The van der Waals surface area contributed by atoms with Gasteiger partial charge in [0.15, 0.2) is 11.5 Å². The minimum absolute atomic E-state index is 0.386. The second-order valence-electron chi connectivity index (χ2n) is 6.23. The maximum absolute atomic E-state index is 12.4. The van der Waals surface area contributed by atoms with E-state index in [1.807, 2.05) is 30.3 Å². The molecule has 3 aromatic carbocycles. The topological polar surface area (TPSA) is 69.2 Å². The molecule has 7 heteroatoms. The van der Waals surface area contributed by atoms with E-state index in [-0.39, 0.29) is 5.91 Å². The summed E-state index contributed by atoms with van der Waals surface area (Å²) in [5.41, 5.74) is 4.56. The van der Waals surface area contributed by atoms with E-state index in [1.54, 1.807) is 36.4 Å². The minimum Gasteiger partial charge on any atom is -0.493 e. The second-order valence-corrected chi connectivity index (χ2v) is 6.66. The van der Waals surface area contributed by atoms with Gasteiger partial charge in [0.1, 0.15) is 12.4 Å². The normalized spacial score (nSPS) is 10.6. The van der Waals surface area contributed by atoms with Gasteiger partial charge in [0.25, 0.3) is 5.91 Å². The summed E-state index contributed by atoms with van der Waals surface area (Å²) in [6.45, 7) is 0.404. The van der Waals surface area contributed by atoms with Gasteiger partial charge in [-0.25, -0.2) is 5.43 Å².